The van der Waals surface area contributed by atoms with Crippen LogP contribution in [-0.2, 0) is 31.5 Å². The molecule has 47 heavy (non-hydrogen) atoms. The number of carbonyl (C=O) groups is 2. The van der Waals surface area contributed by atoms with Crippen molar-refractivity contribution < 1.29 is 40.3 Å². The molecular formula is C26H44ClN9O9S2. The summed E-state index contributed by atoms with van der Waals surface area (Å²) in [5, 5.41) is 5.14. The molecule has 0 saturated heterocycles. The number of benzene rings is 1. The number of nitrogen functional groups attached to an aromatic ring is 2. The van der Waals surface area contributed by atoms with E-state index in [0.717, 1.165) is 44.2 Å². The SMILES string of the molecule is CN(C)CCCCNC(=O)COc1ccc(CCCCN=C(N)NC(=O)c2nc(Cl)c(N)nc2N)cc1.CS(=O)(=O)O.CS(=O)(=O)O. The van der Waals surface area contributed by atoms with E-state index in [-0.39, 0.29) is 41.0 Å². The summed E-state index contributed by atoms with van der Waals surface area (Å²) < 4.78 is 57.3. The summed E-state index contributed by atoms with van der Waals surface area (Å²) >= 11 is 5.79. The third-order valence-corrected chi connectivity index (χ3v) is 5.44. The molecule has 266 valence electrons. The van der Waals surface area contributed by atoms with Gasteiger partial charge in [0.1, 0.15) is 5.75 Å². The van der Waals surface area contributed by atoms with Crippen molar-refractivity contribution in [3.63, 3.8) is 0 Å². The molecule has 2 rings (SSSR count). The van der Waals surface area contributed by atoms with Gasteiger partial charge < -0.3 is 32.2 Å². The van der Waals surface area contributed by atoms with Crippen molar-refractivity contribution in [2.45, 2.75) is 32.1 Å². The monoisotopic (exact) mass is 725 g/mol. The highest BCUT2D eigenvalue weighted by atomic mass is 35.5. The topological polar surface area (TPSA) is 296 Å². The molecule has 1 aromatic heterocycles. The fourth-order valence-electron chi connectivity index (χ4n) is 3.20. The Morgan fingerprint density at radius 1 is 0.957 bits per heavy atom. The number of hydrogen-bond donors (Lipinski definition) is 7. The van der Waals surface area contributed by atoms with Crippen LogP contribution >= 0.6 is 11.6 Å². The van der Waals surface area contributed by atoms with E-state index in [1.165, 1.54) is 0 Å². The van der Waals surface area contributed by atoms with E-state index in [4.69, 9.17) is 42.6 Å². The van der Waals surface area contributed by atoms with Crippen LogP contribution in [0.1, 0.15) is 41.7 Å². The average molecular weight is 726 g/mol. The van der Waals surface area contributed by atoms with Gasteiger partial charge >= 0.3 is 0 Å². The molecule has 0 atom stereocenters. The number of aromatic nitrogens is 2. The van der Waals surface area contributed by atoms with E-state index < -0.39 is 26.1 Å². The molecule has 1 aromatic carbocycles. The van der Waals surface area contributed by atoms with Crippen molar-refractivity contribution in [1.82, 2.24) is 25.5 Å². The van der Waals surface area contributed by atoms with Crippen molar-refractivity contribution in [3.8, 4) is 5.75 Å². The summed E-state index contributed by atoms with van der Waals surface area (Å²) in [6, 6.07) is 7.64. The molecule has 1 heterocycles. The number of aliphatic imine (C=N–C) groups is 1. The van der Waals surface area contributed by atoms with E-state index in [2.05, 4.69) is 30.5 Å². The Balaban J connectivity index is 0.00000184. The van der Waals surface area contributed by atoms with Gasteiger partial charge in [-0.05, 0) is 70.4 Å². The molecule has 0 fully saturated rings. The van der Waals surface area contributed by atoms with Gasteiger partial charge in [0.2, 0.25) is 0 Å². The summed E-state index contributed by atoms with van der Waals surface area (Å²) in [5.74, 6) is -0.431. The number of rotatable bonds is 14. The number of unbranched alkanes of at least 4 members (excludes halogenated alkanes) is 2. The van der Waals surface area contributed by atoms with Gasteiger partial charge in [0.05, 0.1) is 12.5 Å². The minimum Gasteiger partial charge on any atom is -0.484 e. The zero-order valence-corrected chi connectivity index (χ0v) is 29.0. The lowest BCUT2D eigenvalue weighted by Gasteiger charge is -2.10. The molecule has 0 radical (unpaired) electrons. The predicted octanol–water partition coefficient (Wildman–Crippen LogP) is 0.207. The number of anilines is 2. The highest BCUT2D eigenvalue weighted by Gasteiger charge is 2.16. The maximum atomic E-state index is 12.2. The van der Waals surface area contributed by atoms with Crippen molar-refractivity contribution in [2.24, 2.45) is 10.7 Å². The van der Waals surface area contributed by atoms with Gasteiger partial charge in [-0.15, -0.1) is 0 Å². The maximum Gasteiger partial charge on any atom is 0.280 e. The first-order chi connectivity index (χ1) is 21.7. The normalized spacial score (nSPS) is 11.4. The lowest BCUT2D eigenvalue weighted by atomic mass is 10.1. The Labute approximate surface area is 280 Å². The van der Waals surface area contributed by atoms with E-state index >= 15 is 0 Å². The molecule has 0 aliphatic heterocycles. The number of amides is 2. The molecule has 0 aliphatic rings. The second-order valence-electron chi connectivity index (χ2n) is 10.1. The summed E-state index contributed by atoms with van der Waals surface area (Å²) in [7, 11) is -3.27. The van der Waals surface area contributed by atoms with Crippen LogP contribution in [0.3, 0.4) is 0 Å². The Kier molecular flexibility index (Phi) is 20.1. The van der Waals surface area contributed by atoms with Crippen molar-refractivity contribution in [2.75, 3.05) is 64.3 Å². The number of nitrogens with one attached hydrogen (secondary N) is 2. The maximum absolute atomic E-state index is 12.2. The predicted molar refractivity (Wildman–Crippen MR) is 180 cm³/mol. The van der Waals surface area contributed by atoms with Crippen molar-refractivity contribution in [3.05, 3.63) is 40.7 Å². The standard InChI is InChI=1S/C24H36ClN9O3.2CH4O3S/c1-34(2)14-6-5-12-29-18(35)15-37-17-10-8-16(9-11-17)7-3-4-13-30-24(28)33-23(36)19-21(26)32-22(27)20(25)31-19;2*1-5(2,3)4/h8-11H,3-7,12-15H2,1-2H3,(H,29,35)(H4,26,27,32)(H3,28,30,33,36);2*1H3,(H,2,3,4). The number of guanidine groups is 1. The van der Waals surface area contributed by atoms with Crippen LogP contribution in [0.15, 0.2) is 29.3 Å². The quantitative estimate of drug-likeness (QED) is 0.0592. The van der Waals surface area contributed by atoms with Crippen LogP contribution in [0.2, 0.25) is 5.15 Å². The molecule has 18 nitrogen and oxygen atoms in total. The zero-order valence-electron chi connectivity index (χ0n) is 26.6. The van der Waals surface area contributed by atoms with E-state index in [1.54, 1.807) is 0 Å². The van der Waals surface area contributed by atoms with E-state index in [9.17, 15) is 26.4 Å². The molecule has 2 aromatic rings. The van der Waals surface area contributed by atoms with Gasteiger partial charge in [0, 0.05) is 13.1 Å². The van der Waals surface area contributed by atoms with Crippen molar-refractivity contribution in [1.29, 1.82) is 0 Å². The lowest BCUT2D eigenvalue weighted by molar-refractivity contribution is -0.123. The fraction of sp³-hybridized carbons (Fsp3) is 0.500. The highest BCUT2D eigenvalue weighted by Crippen LogP contribution is 2.17. The summed E-state index contributed by atoms with van der Waals surface area (Å²) in [6.07, 6.45) is 5.88. The Morgan fingerprint density at radius 2 is 1.53 bits per heavy atom. The van der Waals surface area contributed by atoms with Crippen LogP contribution in [0.25, 0.3) is 0 Å². The number of aryl methyl sites for hydroxylation is 1. The zero-order chi connectivity index (χ0) is 36.2. The van der Waals surface area contributed by atoms with Crippen LogP contribution in [0.5, 0.6) is 5.75 Å². The molecule has 0 saturated carbocycles. The van der Waals surface area contributed by atoms with Crippen LogP contribution in [-0.4, -0.2) is 111 Å². The first-order valence-electron chi connectivity index (χ1n) is 13.8. The first-order valence-corrected chi connectivity index (χ1v) is 17.9. The fourth-order valence-corrected chi connectivity index (χ4v) is 3.32. The number of halogens is 1. The summed E-state index contributed by atoms with van der Waals surface area (Å²) in [4.78, 5) is 38.0. The van der Waals surface area contributed by atoms with E-state index in [0.29, 0.717) is 31.4 Å². The minimum atomic E-state index is -3.67. The Morgan fingerprint density at radius 3 is 2.09 bits per heavy atom. The molecule has 0 bridgehead atoms. The van der Waals surface area contributed by atoms with Gasteiger partial charge in [-0.25, -0.2) is 9.97 Å². The minimum absolute atomic E-state index is 0.00642. The molecule has 2 amide bonds. The van der Waals surface area contributed by atoms with Crippen LogP contribution in [0, 0.1) is 0 Å². The molecule has 0 spiro atoms. The Bertz CT molecular complexity index is 1480. The number of hydrogen-bond acceptors (Lipinski definition) is 13. The average Bonchev–Trinajstić information content (AvgIpc) is 2.92. The number of nitrogens with two attached hydrogens (primary N) is 3. The molecular weight excluding hydrogens is 682 g/mol. The Hall–Kier alpha value is -3.82. The highest BCUT2D eigenvalue weighted by molar-refractivity contribution is 7.85. The molecule has 0 unspecified atom stereocenters. The first kappa shape index (κ1) is 43.2. The van der Waals surface area contributed by atoms with Gasteiger partial charge in [-0.2, -0.15) is 16.8 Å². The smallest absolute Gasteiger partial charge is 0.280 e. The second kappa shape index (κ2) is 21.9. The second-order valence-corrected chi connectivity index (χ2v) is 13.4. The lowest BCUT2D eigenvalue weighted by Crippen LogP contribution is -2.38. The van der Waals surface area contributed by atoms with Gasteiger partial charge in [0.15, 0.2) is 35.0 Å². The van der Waals surface area contributed by atoms with Crippen LogP contribution < -0.4 is 32.6 Å². The van der Waals surface area contributed by atoms with Gasteiger partial charge in [-0.3, -0.25) is 29.0 Å². The third-order valence-electron chi connectivity index (χ3n) is 5.16. The number of nitrogens with zero attached hydrogens (tertiary/aromatic N) is 4. The number of ether oxygens (including phenoxy) is 1. The van der Waals surface area contributed by atoms with E-state index in [1.807, 2.05) is 38.4 Å². The summed E-state index contributed by atoms with van der Waals surface area (Å²) in [6.45, 7) is 2.08. The van der Waals surface area contributed by atoms with Gasteiger partial charge in [0.25, 0.3) is 32.1 Å². The van der Waals surface area contributed by atoms with Crippen molar-refractivity contribution >= 4 is 61.2 Å². The molecule has 21 heteroatoms. The third kappa shape index (κ3) is 26.0. The van der Waals surface area contributed by atoms with Gasteiger partial charge in [-0.1, -0.05) is 23.7 Å². The van der Waals surface area contributed by atoms with Crippen LogP contribution in [0.4, 0.5) is 11.6 Å². The molecule has 0 aliphatic carbocycles. The number of carbonyl (C=O) groups excluding carboxylic acids is 2. The largest absolute Gasteiger partial charge is 0.484 e. The molecule has 10 N–H and O–H groups in total. The summed E-state index contributed by atoms with van der Waals surface area (Å²) in [5.41, 5.74) is 17.9.